The number of para-hydroxylation sites is 1. The first-order valence-corrected chi connectivity index (χ1v) is 9.44. The predicted molar refractivity (Wildman–Crippen MR) is 97.7 cm³/mol. The van der Waals surface area contributed by atoms with Crippen LogP contribution in [0.15, 0.2) is 82.6 Å². The lowest BCUT2D eigenvalue weighted by atomic mass is 10.2. The Morgan fingerprint density at radius 1 is 0.962 bits per heavy atom. The monoisotopic (exact) mass is 365 g/mol. The second-order valence-corrected chi connectivity index (χ2v) is 7.42. The molecule has 0 bridgehead atoms. The van der Waals surface area contributed by atoms with E-state index >= 15 is 0 Å². The molecule has 3 heterocycles. The lowest BCUT2D eigenvalue weighted by Crippen LogP contribution is -2.23. The molecule has 0 saturated heterocycles. The Balaban J connectivity index is 1.60. The summed E-state index contributed by atoms with van der Waals surface area (Å²) in [7, 11) is -3.71. The van der Waals surface area contributed by atoms with Crippen LogP contribution in [0.2, 0.25) is 0 Å². The van der Waals surface area contributed by atoms with Crippen LogP contribution in [0.1, 0.15) is 5.56 Å². The fourth-order valence-corrected chi connectivity index (χ4v) is 3.89. The summed E-state index contributed by atoms with van der Waals surface area (Å²) in [5.74, 6) is 0.632. The van der Waals surface area contributed by atoms with Gasteiger partial charge < -0.3 is 4.42 Å². The van der Waals surface area contributed by atoms with Crippen LogP contribution in [0.4, 0.5) is 0 Å². The van der Waals surface area contributed by atoms with Gasteiger partial charge in [-0.3, -0.25) is 9.97 Å². The van der Waals surface area contributed by atoms with Crippen LogP contribution in [0.3, 0.4) is 0 Å². The molecule has 0 unspecified atom stereocenters. The maximum absolute atomic E-state index is 12.7. The zero-order chi connectivity index (χ0) is 18.0. The molecule has 0 aliphatic heterocycles. The predicted octanol–water partition coefficient (Wildman–Crippen LogP) is 3.37. The van der Waals surface area contributed by atoms with Crippen molar-refractivity contribution in [1.29, 1.82) is 0 Å². The molecule has 26 heavy (non-hydrogen) atoms. The van der Waals surface area contributed by atoms with Gasteiger partial charge in [-0.2, -0.15) is 0 Å². The number of nitrogens with one attached hydrogen (secondary N) is 1. The average Bonchev–Trinajstić information content (AvgIpc) is 3.21. The molecule has 0 atom stereocenters. The summed E-state index contributed by atoms with van der Waals surface area (Å²) in [4.78, 5) is 8.62. The minimum absolute atomic E-state index is 0.141. The number of rotatable bonds is 5. The molecule has 130 valence electrons. The maximum Gasteiger partial charge on any atom is 0.243 e. The second-order valence-electron chi connectivity index (χ2n) is 5.68. The third-order valence-corrected chi connectivity index (χ3v) is 5.38. The lowest BCUT2D eigenvalue weighted by molar-refractivity contribution is 0.579. The van der Waals surface area contributed by atoms with Crippen LogP contribution in [0.5, 0.6) is 0 Å². The highest BCUT2D eigenvalue weighted by atomic mass is 32.2. The number of benzene rings is 1. The number of fused-ring (bicyclic) bond motifs is 1. The molecule has 0 aliphatic carbocycles. The van der Waals surface area contributed by atoms with E-state index in [1.165, 1.54) is 0 Å². The highest BCUT2D eigenvalue weighted by Crippen LogP contribution is 2.21. The molecular formula is C19H15N3O3S. The quantitative estimate of drug-likeness (QED) is 0.586. The Labute approximate surface area is 150 Å². The fourth-order valence-electron chi connectivity index (χ4n) is 2.69. The van der Waals surface area contributed by atoms with E-state index in [2.05, 4.69) is 14.7 Å². The van der Waals surface area contributed by atoms with Gasteiger partial charge in [0.2, 0.25) is 10.0 Å². The number of aromatic nitrogens is 2. The van der Waals surface area contributed by atoms with Gasteiger partial charge in [-0.05, 0) is 42.0 Å². The molecular weight excluding hydrogens is 350 g/mol. The number of pyridine rings is 2. The van der Waals surface area contributed by atoms with Crippen molar-refractivity contribution in [1.82, 2.24) is 14.7 Å². The van der Waals surface area contributed by atoms with Crippen LogP contribution < -0.4 is 4.72 Å². The molecule has 0 aliphatic rings. The molecule has 6 nitrogen and oxygen atoms in total. The fraction of sp³-hybridized carbons (Fsp3) is 0.0526. The highest BCUT2D eigenvalue weighted by Gasteiger charge is 2.18. The average molecular weight is 365 g/mol. The van der Waals surface area contributed by atoms with Gasteiger partial charge in [0.25, 0.3) is 0 Å². The summed E-state index contributed by atoms with van der Waals surface area (Å²) in [6.07, 6.45) is 4.78. The van der Waals surface area contributed by atoms with E-state index in [4.69, 9.17) is 4.42 Å². The van der Waals surface area contributed by atoms with E-state index < -0.39 is 10.0 Å². The molecule has 0 spiro atoms. The van der Waals surface area contributed by atoms with E-state index in [-0.39, 0.29) is 11.4 Å². The molecule has 4 aromatic rings. The van der Waals surface area contributed by atoms with Crippen molar-refractivity contribution in [2.24, 2.45) is 0 Å². The zero-order valence-corrected chi connectivity index (χ0v) is 14.5. The number of nitrogens with zero attached hydrogens (tertiary/aromatic N) is 2. The summed E-state index contributed by atoms with van der Waals surface area (Å²) >= 11 is 0. The molecule has 1 N–H and O–H groups in total. The highest BCUT2D eigenvalue weighted by molar-refractivity contribution is 7.89. The molecule has 7 heteroatoms. The van der Waals surface area contributed by atoms with Crippen molar-refractivity contribution < 1.29 is 12.8 Å². The van der Waals surface area contributed by atoms with Crippen molar-refractivity contribution >= 4 is 20.9 Å². The molecule has 4 rings (SSSR count). The lowest BCUT2D eigenvalue weighted by Gasteiger charge is -2.09. The standard InChI is InChI=1S/C19H15N3O3S/c23-26(24,18-7-1-4-15-5-2-9-21-19(15)18)22-13-14-8-10-20-16(12-14)17-6-3-11-25-17/h1-12,22H,13H2. The summed E-state index contributed by atoms with van der Waals surface area (Å²) in [6, 6.07) is 15.8. The minimum Gasteiger partial charge on any atom is -0.463 e. The maximum atomic E-state index is 12.7. The molecule has 1 aromatic carbocycles. The van der Waals surface area contributed by atoms with E-state index in [0.717, 1.165) is 10.9 Å². The Kier molecular flexibility index (Phi) is 4.24. The Bertz CT molecular complexity index is 1150. The van der Waals surface area contributed by atoms with E-state index in [9.17, 15) is 8.42 Å². The number of furan rings is 1. The molecule has 0 saturated carbocycles. The van der Waals surface area contributed by atoms with Gasteiger partial charge in [-0.1, -0.05) is 18.2 Å². The summed E-state index contributed by atoms with van der Waals surface area (Å²) in [6.45, 7) is 0.141. The normalized spacial score (nSPS) is 11.7. The van der Waals surface area contributed by atoms with Gasteiger partial charge in [0.1, 0.15) is 10.6 Å². The van der Waals surface area contributed by atoms with Gasteiger partial charge >= 0.3 is 0 Å². The zero-order valence-electron chi connectivity index (χ0n) is 13.7. The largest absolute Gasteiger partial charge is 0.463 e. The third-order valence-electron chi connectivity index (χ3n) is 3.95. The minimum atomic E-state index is -3.71. The van der Waals surface area contributed by atoms with Gasteiger partial charge in [0.15, 0.2) is 5.76 Å². The molecule has 3 aromatic heterocycles. The summed E-state index contributed by atoms with van der Waals surface area (Å²) in [5.41, 5.74) is 1.88. The van der Waals surface area contributed by atoms with Gasteiger partial charge in [-0.15, -0.1) is 0 Å². The molecule has 0 amide bonds. The van der Waals surface area contributed by atoms with Crippen LogP contribution >= 0.6 is 0 Å². The smallest absolute Gasteiger partial charge is 0.243 e. The van der Waals surface area contributed by atoms with Crippen molar-refractivity contribution in [2.75, 3.05) is 0 Å². The van der Waals surface area contributed by atoms with Crippen LogP contribution in [0.25, 0.3) is 22.4 Å². The van der Waals surface area contributed by atoms with Crippen LogP contribution in [-0.2, 0) is 16.6 Å². The van der Waals surface area contributed by atoms with Gasteiger partial charge in [0, 0.05) is 24.3 Å². The van der Waals surface area contributed by atoms with Crippen molar-refractivity contribution in [3.63, 3.8) is 0 Å². The van der Waals surface area contributed by atoms with Crippen LogP contribution in [-0.4, -0.2) is 18.4 Å². The molecule has 0 radical (unpaired) electrons. The first-order chi connectivity index (χ1) is 12.6. The summed E-state index contributed by atoms with van der Waals surface area (Å²) in [5, 5.41) is 0.777. The first kappa shape index (κ1) is 16.4. The van der Waals surface area contributed by atoms with E-state index in [1.54, 1.807) is 61.1 Å². The van der Waals surface area contributed by atoms with Crippen molar-refractivity contribution in [2.45, 2.75) is 11.4 Å². The van der Waals surface area contributed by atoms with E-state index in [1.807, 2.05) is 12.1 Å². The Morgan fingerprint density at radius 3 is 2.69 bits per heavy atom. The summed E-state index contributed by atoms with van der Waals surface area (Å²) < 4.78 is 33.5. The second kappa shape index (κ2) is 6.70. The van der Waals surface area contributed by atoms with Gasteiger partial charge in [-0.25, -0.2) is 13.1 Å². The Hall–Kier alpha value is -3.03. The SMILES string of the molecule is O=S(=O)(NCc1ccnc(-c2ccco2)c1)c1cccc2cccnc12. The first-order valence-electron chi connectivity index (χ1n) is 7.96. The number of hydrogen-bond acceptors (Lipinski definition) is 5. The third kappa shape index (κ3) is 3.22. The Morgan fingerprint density at radius 2 is 1.85 bits per heavy atom. The molecule has 0 fully saturated rings. The number of sulfonamides is 1. The van der Waals surface area contributed by atoms with Gasteiger partial charge in [0.05, 0.1) is 11.8 Å². The topological polar surface area (TPSA) is 85.1 Å². The number of hydrogen-bond donors (Lipinski definition) is 1. The van der Waals surface area contributed by atoms with Crippen molar-refractivity contribution in [3.8, 4) is 11.5 Å². The van der Waals surface area contributed by atoms with Crippen molar-refractivity contribution in [3.05, 3.63) is 78.8 Å². The van der Waals surface area contributed by atoms with E-state index in [0.29, 0.717) is 17.0 Å². The van der Waals surface area contributed by atoms with Crippen LogP contribution in [0, 0.1) is 0 Å².